The molecule has 39 heavy (non-hydrogen) atoms. The van der Waals surface area contributed by atoms with Crippen molar-refractivity contribution in [1.29, 1.82) is 0 Å². The highest BCUT2D eigenvalue weighted by atomic mass is 32.3. The lowest BCUT2D eigenvalue weighted by molar-refractivity contribution is 0.452. The Hall–Kier alpha value is -4.73. The fourth-order valence-electron chi connectivity index (χ4n) is 6.09. The molecule has 2 nitrogen and oxygen atoms in total. The van der Waals surface area contributed by atoms with Crippen LogP contribution >= 0.6 is 10.0 Å². The van der Waals surface area contributed by atoms with Crippen molar-refractivity contribution < 1.29 is 4.74 Å². The highest BCUT2D eigenvalue weighted by Crippen LogP contribution is 2.79. The van der Waals surface area contributed by atoms with Crippen molar-refractivity contribution >= 4 is 31.8 Å². The molecular formula is C36H25NOS. The van der Waals surface area contributed by atoms with Gasteiger partial charge in [-0.25, -0.2) is 0 Å². The summed E-state index contributed by atoms with van der Waals surface area (Å²) in [6.45, 7) is 0. The van der Waals surface area contributed by atoms with Crippen molar-refractivity contribution in [2.45, 2.75) is 19.6 Å². The van der Waals surface area contributed by atoms with Gasteiger partial charge in [0.05, 0.1) is 11.0 Å². The Morgan fingerprint density at radius 3 is 1.59 bits per heavy atom. The average molecular weight is 520 g/mol. The van der Waals surface area contributed by atoms with Crippen LogP contribution in [0.4, 0.5) is 0 Å². The molecule has 2 heterocycles. The third-order valence-corrected chi connectivity index (χ3v) is 11.6. The number of hydrogen-bond donors (Lipinski definition) is 0. The summed E-state index contributed by atoms with van der Waals surface area (Å²) in [5.41, 5.74) is 3.49. The molecule has 186 valence electrons. The monoisotopic (exact) mass is 519 g/mol. The van der Waals surface area contributed by atoms with Crippen molar-refractivity contribution in [2.24, 2.45) is 0 Å². The first-order valence-corrected chi connectivity index (χ1v) is 14.8. The third-order valence-electron chi connectivity index (χ3n) is 7.69. The van der Waals surface area contributed by atoms with Gasteiger partial charge < -0.3 is 9.30 Å². The fourth-order valence-corrected chi connectivity index (χ4v) is 10.1. The Balaban J connectivity index is 1.46. The van der Waals surface area contributed by atoms with Crippen LogP contribution in [0.1, 0.15) is 0 Å². The molecule has 0 unspecified atom stereocenters. The van der Waals surface area contributed by atoms with Gasteiger partial charge >= 0.3 is 0 Å². The fraction of sp³-hybridized carbons (Fsp3) is 0. The van der Waals surface area contributed by atoms with Gasteiger partial charge in [0.1, 0.15) is 11.5 Å². The standard InChI is InChI=1S/C36H25NOS/c1-3-13-27(14-4-1)39(28-15-5-2-6-16-28)35-22-12-11-21-33(35)38-34-25-26(23-24-36(34)39)37-31-19-9-7-17-29(31)30-18-8-10-20-32(30)37/h1-25H. The molecule has 1 aliphatic heterocycles. The van der Waals surface area contributed by atoms with Gasteiger partial charge in [0.2, 0.25) is 0 Å². The van der Waals surface area contributed by atoms with E-state index in [0.29, 0.717) is 0 Å². The SMILES string of the molecule is c1ccc(S2(c3ccccc3)c3ccccc3Oc3cc(-n4c5ccccc5c5ccccc54)ccc32)cc1. The predicted molar refractivity (Wildman–Crippen MR) is 161 cm³/mol. The zero-order chi connectivity index (χ0) is 25.8. The summed E-state index contributed by atoms with van der Waals surface area (Å²) < 4.78 is 9.10. The zero-order valence-electron chi connectivity index (χ0n) is 21.2. The number of para-hydroxylation sites is 3. The van der Waals surface area contributed by atoms with Gasteiger partial charge in [0.15, 0.2) is 0 Å². The van der Waals surface area contributed by atoms with Crippen LogP contribution in [-0.4, -0.2) is 4.57 Å². The van der Waals surface area contributed by atoms with E-state index in [1.807, 2.05) is 0 Å². The third kappa shape index (κ3) is 3.17. The number of aromatic nitrogens is 1. The van der Waals surface area contributed by atoms with E-state index in [2.05, 4.69) is 156 Å². The van der Waals surface area contributed by atoms with Crippen LogP contribution in [0, 0.1) is 0 Å². The van der Waals surface area contributed by atoms with E-state index >= 15 is 0 Å². The van der Waals surface area contributed by atoms with E-state index in [9.17, 15) is 0 Å². The van der Waals surface area contributed by atoms with E-state index in [0.717, 1.165) is 17.2 Å². The minimum absolute atomic E-state index is 0.913. The minimum atomic E-state index is -1.78. The summed E-state index contributed by atoms with van der Waals surface area (Å²) in [5.74, 6) is 1.84. The Labute approximate surface area is 229 Å². The van der Waals surface area contributed by atoms with Crippen molar-refractivity contribution in [1.82, 2.24) is 4.57 Å². The lowest BCUT2D eigenvalue weighted by atomic mass is 10.2. The number of hydrogen-bond acceptors (Lipinski definition) is 1. The average Bonchev–Trinajstić information content (AvgIpc) is 3.35. The largest absolute Gasteiger partial charge is 0.455 e. The molecule has 6 aromatic carbocycles. The number of ether oxygens (including phenoxy) is 1. The maximum Gasteiger partial charge on any atom is 0.142 e. The molecular weight excluding hydrogens is 494 g/mol. The second-order valence-electron chi connectivity index (χ2n) is 9.79. The molecule has 0 fully saturated rings. The minimum Gasteiger partial charge on any atom is -0.455 e. The molecule has 0 saturated carbocycles. The van der Waals surface area contributed by atoms with Gasteiger partial charge in [0, 0.05) is 42.1 Å². The molecule has 0 N–H and O–H groups in total. The number of rotatable bonds is 3. The van der Waals surface area contributed by atoms with Crippen molar-refractivity contribution in [2.75, 3.05) is 0 Å². The lowest BCUT2D eigenvalue weighted by Crippen LogP contribution is -2.12. The second-order valence-corrected chi connectivity index (χ2v) is 12.8. The molecule has 0 atom stereocenters. The highest BCUT2D eigenvalue weighted by molar-refractivity contribution is 8.34. The Kier molecular flexibility index (Phi) is 4.94. The maximum absolute atomic E-state index is 6.75. The normalized spacial score (nSPS) is 14.4. The Morgan fingerprint density at radius 2 is 0.949 bits per heavy atom. The van der Waals surface area contributed by atoms with Crippen LogP contribution in [-0.2, 0) is 0 Å². The summed E-state index contributed by atoms with van der Waals surface area (Å²) in [5, 5.41) is 2.51. The van der Waals surface area contributed by atoms with Gasteiger partial charge in [-0.1, -0.05) is 84.9 Å². The first-order chi connectivity index (χ1) is 19.4. The summed E-state index contributed by atoms with van der Waals surface area (Å²) >= 11 is 0. The molecule has 1 aromatic heterocycles. The van der Waals surface area contributed by atoms with E-state index in [1.165, 1.54) is 41.4 Å². The summed E-state index contributed by atoms with van der Waals surface area (Å²) in [7, 11) is -1.78. The molecule has 0 bridgehead atoms. The molecule has 8 rings (SSSR count). The number of benzene rings is 6. The van der Waals surface area contributed by atoms with E-state index < -0.39 is 10.0 Å². The Bertz CT molecular complexity index is 1900. The van der Waals surface area contributed by atoms with Crippen molar-refractivity contribution in [3.63, 3.8) is 0 Å². The molecule has 0 amide bonds. The maximum atomic E-state index is 6.75. The van der Waals surface area contributed by atoms with Crippen molar-refractivity contribution in [3.05, 3.63) is 152 Å². The quantitative estimate of drug-likeness (QED) is 0.226. The lowest BCUT2D eigenvalue weighted by Gasteiger charge is -2.45. The topological polar surface area (TPSA) is 14.2 Å². The second kappa shape index (κ2) is 8.65. The molecule has 0 aliphatic carbocycles. The molecule has 1 aliphatic rings. The van der Waals surface area contributed by atoms with Gasteiger partial charge in [-0.3, -0.25) is 0 Å². The van der Waals surface area contributed by atoms with Gasteiger partial charge in [-0.05, 0) is 60.7 Å². The summed E-state index contributed by atoms with van der Waals surface area (Å²) in [4.78, 5) is 5.07. The zero-order valence-corrected chi connectivity index (χ0v) is 22.0. The van der Waals surface area contributed by atoms with Gasteiger partial charge in [-0.2, -0.15) is 0 Å². The Morgan fingerprint density at radius 1 is 0.436 bits per heavy atom. The van der Waals surface area contributed by atoms with Crippen molar-refractivity contribution in [3.8, 4) is 17.2 Å². The molecule has 0 radical (unpaired) electrons. The molecule has 0 spiro atoms. The van der Waals surface area contributed by atoms with Crippen LogP contribution in [0.3, 0.4) is 0 Å². The molecule has 3 heteroatoms. The number of nitrogens with zero attached hydrogens (tertiary/aromatic N) is 1. The molecule has 7 aromatic rings. The smallest absolute Gasteiger partial charge is 0.142 e. The van der Waals surface area contributed by atoms with E-state index in [1.54, 1.807) is 0 Å². The van der Waals surface area contributed by atoms with Crippen LogP contribution < -0.4 is 4.74 Å². The summed E-state index contributed by atoms with van der Waals surface area (Å²) in [6, 6.07) is 54.5. The first-order valence-electron chi connectivity index (χ1n) is 13.2. The van der Waals surface area contributed by atoms with E-state index in [4.69, 9.17) is 4.74 Å². The van der Waals surface area contributed by atoms with Crippen LogP contribution in [0.15, 0.2) is 171 Å². The first kappa shape index (κ1) is 22.3. The highest BCUT2D eigenvalue weighted by Gasteiger charge is 2.41. The predicted octanol–water partition coefficient (Wildman–Crippen LogP) is 10.2. The molecule has 0 saturated heterocycles. The van der Waals surface area contributed by atoms with E-state index in [-0.39, 0.29) is 0 Å². The van der Waals surface area contributed by atoms with Crippen LogP contribution in [0.2, 0.25) is 0 Å². The van der Waals surface area contributed by atoms with Crippen LogP contribution in [0.25, 0.3) is 27.5 Å². The van der Waals surface area contributed by atoms with Gasteiger partial charge in [-0.15, -0.1) is 10.0 Å². The van der Waals surface area contributed by atoms with Gasteiger partial charge in [0.25, 0.3) is 0 Å². The number of fused-ring (bicyclic) bond motifs is 5. The van der Waals surface area contributed by atoms with Crippen LogP contribution in [0.5, 0.6) is 11.5 Å². The summed E-state index contributed by atoms with van der Waals surface area (Å²) in [6.07, 6.45) is 0.